The van der Waals surface area contributed by atoms with Crippen LogP contribution in [0.1, 0.15) is 32.8 Å². The van der Waals surface area contributed by atoms with Crippen molar-refractivity contribution in [2.45, 2.75) is 39.3 Å². The summed E-state index contributed by atoms with van der Waals surface area (Å²) in [7, 11) is 0. The maximum Gasteiger partial charge on any atom is 0.307 e. The van der Waals surface area contributed by atoms with Crippen LogP contribution < -0.4 is 5.32 Å². The maximum absolute atomic E-state index is 11.6. The summed E-state index contributed by atoms with van der Waals surface area (Å²) >= 11 is 0. The summed E-state index contributed by atoms with van der Waals surface area (Å²) in [5, 5.41) is 5.80. The predicted octanol–water partition coefficient (Wildman–Crippen LogP) is 3.66. The van der Waals surface area contributed by atoms with E-state index in [9.17, 15) is 4.79 Å². The second kappa shape index (κ2) is 6.72. The van der Waals surface area contributed by atoms with E-state index in [0.29, 0.717) is 13.0 Å². The number of fused-ring (bicyclic) bond motifs is 1. The molecular formula is C18H23NO2. The lowest BCUT2D eigenvalue weighted by atomic mass is 10.0. The zero-order valence-corrected chi connectivity index (χ0v) is 13.0. The van der Waals surface area contributed by atoms with Crippen molar-refractivity contribution < 1.29 is 9.53 Å². The summed E-state index contributed by atoms with van der Waals surface area (Å²) in [6.07, 6.45) is 0.391. The van der Waals surface area contributed by atoms with Crippen LogP contribution in [0.2, 0.25) is 0 Å². The van der Waals surface area contributed by atoms with Crippen molar-refractivity contribution >= 4 is 16.7 Å². The monoisotopic (exact) mass is 285 g/mol. The van der Waals surface area contributed by atoms with Gasteiger partial charge in [-0.05, 0) is 37.1 Å². The third-order valence-corrected chi connectivity index (χ3v) is 3.12. The Kier molecular flexibility index (Phi) is 4.97. The third-order valence-electron chi connectivity index (χ3n) is 3.12. The Hall–Kier alpha value is -1.87. The Bertz CT molecular complexity index is 609. The van der Waals surface area contributed by atoms with Gasteiger partial charge in [-0.3, -0.25) is 4.79 Å². The van der Waals surface area contributed by atoms with Crippen molar-refractivity contribution in [1.82, 2.24) is 5.32 Å². The predicted molar refractivity (Wildman–Crippen MR) is 86.1 cm³/mol. The Labute approximate surface area is 126 Å². The summed E-state index contributed by atoms with van der Waals surface area (Å²) in [5.41, 5.74) is 0.837. The van der Waals surface area contributed by atoms with Gasteiger partial charge in [0.1, 0.15) is 5.60 Å². The van der Waals surface area contributed by atoms with Gasteiger partial charge in [0.05, 0.1) is 6.42 Å². The molecule has 0 aliphatic carbocycles. The van der Waals surface area contributed by atoms with Gasteiger partial charge in [0.2, 0.25) is 0 Å². The number of nitrogens with one attached hydrogen (secondary N) is 1. The molecule has 0 saturated heterocycles. The smallest absolute Gasteiger partial charge is 0.307 e. The Morgan fingerprint density at radius 2 is 1.81 bits per heavy atom. The van der Waals surface area contributed by atoms with E-state index in [4.69, 9.17) is 4.74 Å². The second-order valence-electron chi connectivity index (χ2n) is 6.15. The lowest BCUT2D eigenvalue weighted by Crippen LogP contribution is -2.26. The number of carbonyl (C=O) groups excluding carboxylic acids is 1. The third kappa shape index (κ3) is 4.87. The Balaban J connectivity index is 1.84. The number of benzene rings is 2. The van der Waals surface area contributed by atoms with Crippen LogP contribution >= 0.6 is 0 Å². The number of hydrogen-bond acceptors (Lipinski definition) is 3. The fourth-order valence-corrected chi connectivity index (χ4v) is 2.25. The number of esters is 1. The topological polar surface area (TPSA) is 38.3 Å². The first-order chi connectivity index (χ1) is 9.96. The molecule has 0 unspecified atom stereocenters. The second-order valence-corrected chi connectivity index (χ2v) is 6.15. The van der Waals surface area contributed by atoms with E-state index in [-0.39, 0.29) is 5.97 Å². The number of ether oxygens (including phenoxy) is 1. The Morgan fingerprint density at radius 1 is 1.10 bits per heavy atom. The van der Waals surface area contributed by atoms with E-state index in [2.05, 4.69) is 35.6 Å². The van der Waals surface area contributed by atoms with E-state index in [0.717, 1.165) is 6.54 Å². The highest BCUT2D eigenvalue weighted by atomic mass is 16.6. The zero-order valence-electron chi connectivity index (χ0n) is 13.0. The minimum atomic E-state index is -0.410. The molecule has 3 heteroatoms. The Morgan fingerprint density at radius 3 is 2.57 bits per heavy atom. The van der Waals surface area contributed by atoms with Crippen LogP contribution in [0.5, 0.6) is 0 Å². The summed E-state index contributed by atoms with van der Waals surface area (Å²) in [5.74, 6) is -0.159. The molecule has 0 spiro atoms. The van der Waals surface area contributed by atoms with Crippen LogP contribution in [0, 0.1) is 0 Å². The number of carbonyl (C=O) groups is 1. The molecule has 0 amide bonds. The van der Waals surface area contributed by atoms with E-state index in [1.54, 1.807) is 0 Å². The lowest BCUT2D eigenvalue weighted by Gasteiger charge is -2.19. The summed E-state index contributed by atoms with van der Waals surface area (Å²) in [4.78, 5) is 11.6. The fourth-order valence-electron chi connectivity index (χ4n) is 2.25. The van der Waals surface area contributed by atoms with Gasteiger partial charge >= 0.3 is 5.97 Å². The van der Waals surface area contributed by atoms with Gasteiger partial charge in [-0.1, -0.05) is 42.5 Å². The molecule has 0 aliphatic rings. The minimum absolute atomic E-state index is 0.159. The quantitative estimate of drug-likeness (QED) is 0.673. The highest BCUT2D eigenvalue weighted by molar-refractivity contribution is 5.85. The van der Waals surface area contributed by atoms with Gasteiger partial charge in [-0.25, -0.2) is 0 Å². The highest BCUT2D eigenvalue weighted by Gasteiger charge is 2.15. The molecule has 0 fully saturated rings. The van der Waals surface area contributed by atoms with Gasteiger partial charge in [-0.2, -0.15) is 0 Å². The van der Waals surface area contributed by atoms with Crippen LogP contribution in [0.15, 0.2) is 42.5 Å². The van der Waals surface area contributed by atoms with Crippen LogP contribution in [-0.4, -0.2) is 18.1 Å². The molecular weight excluding hydrogens is 262 g/mol. The van der Waals surface area contributed by atoms with Crippen LogP contribution in [0.3, 0.4) is 0 Å². The first-order valence-electron chi connectivity index (χ1n) is 7.35. The summed E-state index contributed by atoms with van der Waals surface area (Å²) in [6, 6.07) is 14.6. The molecule has 2 rings (SSSR count). The lowest BCUT2D eigenvalue weighted by molar-refractivity contribution is -0.154. The van der Waals surface area contributed by atoms with Crippen molar-refractivity contribution in [2.24, 2.45) is 0 Å². The summed E-state index contributed by atoms with van der Waals surface area (Å²) < 4.78 is 5.28. The molecule has 3 nitrogen and oxygen atoms in total. The molecule has 0 aromatic heterocycles. The molecule has 21 heavy (non-hydrogen) atoms. The molecule has 112 valence electrons. The molecule has 0 radical (unpaired) electrons. The molecule has 0 aliphatic heterocycles. The van der Waals surface area contributed by atoms with Gasteiger partial charge in [0, 0.05) is 13.1 Å². The van der Waals surface area contributed by atoms with Crippen LogP contribution in [-0.2, 0) is 16.1 Å². The highest BCUT2D eigenvalue weighted by Crippen LogP contribution is 2.18. The molecule has 0 atom stereocenters. The van der Waals surface area contributed by atoms with Crippen molar-refractivity contribution in [1.29, 1.82) is 0 Å². The number of rotatable bonds is 5. The van der Waals surface area contributed by atoms with Crippen molar-refractivity contribution in [2.75, 3.05) is 6.54 Å². The van der Waals surface area contributed by atoms with E-state index >= 15 is 0 Å². The van der Waals surface area contributed by atoms with Gasteiger partial charge in [0.25, 0.3) is 0 Å². The first-order valence-corrected chi connectivity index (χ1v) is 7.35. The van der Waals surface area contributed by atoms with Gasteiger partial charge in [-0.15, -0.1) is 0 Å². The minimum Gasteiger partial charge on any atom is -0.460 e. The average Bonchev–Trinajstić information content (AvgIpc) is 2.42. The molecule has 0 saturated carbocycles. The molecule has 1 N–H and O–H groups in total. The summed E-state index contributed by atoms with van der Waals surface area (Å²) in [6.45, 7) is 7.03. The zero-order chi connectivity index (χ0) is 15.3. The van der Waals surface area contributed by atoms with Gasteiger partial charge < -0.3 is 10.1 Å². The first kappa shape index (κ1) is 15.5. The molecule has 0 bridgehead atoms. The van der Waals surface area contributed by atoms with E-state index in [1.807, 2.05) is 32.9 Å². The van der Waals surface area contributed by atoms with E-state index < -0.39 is 5.60 Å². The largest absolute Gasteiger partial charge is 0.460 e. The number of hydrogen-bond donors (Lipinski definition) is 1. The standard InChI is InChI=1S/C18H23NO2/c1-18(2,3)21-17(20)11-12-19-13-15-9-6-8-14-7-4-5-10-16(14)15/h4-10,19H,11-13H2,1-3H3. The molecule has 2 aromatic rings. The van der Waals surface area contributed by atoms with Crippen molar-refractivity contribution in [3.8, 4) is 0 Å². The van der Waals surface area contributed by atoms with Crippen molar-refractivity contribution in [3.63, 3.8) is 0 Å². The van der Waals surface area contributed by atoms with E-state index in [1.165, 1.54) is 16.3 Å². The fraction of sp³-hybridized carbons (Fsp3) is 0.389. The van der Waals surface area contributed by atoms with Crippen LogP contribution in [0.4, 0.5) is 0 Å². The molecule has 2 aromatic carbocycles. The normalized spacial score (nSPS) is 11.6. The SMILES string of the molecule is CC(C)(C)OC(=O)CCNCc1cccc2ccccc12. The van der Waals surface area contributed by atoms with Gasteiger partial charge in [0.15, 0.2) is 0 Å². The molecule has 0 heterocycles. The average molecular weight is 285 g/mol. The van der Waals surface area contributed by atoms with Crippen molar-refractivity contribution in [3.05, 3.63) is 48.0 Å². The van der Waals surface area contributed by atoms with Crippen LogP contribution in [0.25, 0.3) is 10.8 Å². The maximum atomic E-state index is 11.6.